The third-order valence-electron chi connectivity index (χ3n) is 6.28. The Balaban J connectivity index is 1.29. The molecule has 9 heteroatoms. The molecule has 0 aromatic heterocycles. The van der Waals surface area contributed by atoms with Crippen LogP contribution in [0.1, 0.15) is 30.4 Å². The third-order valence-corrected chi connectivity index (χ3v) is 6.28. The summed E-state index contributed by atoms with van der Waals surface area (Å²) < 4.78 is 38.3. The third kappa shape index (κ3) is 6.15. The van der Waals surface area contributed by atoms with E-state index < -0.39 is 11.7 Å². The summed E-state index contributed by atoms with van der Waals surface area (Å²) >= 11 is 0. The maximum atomic E-state index is 12.8. The van der Waals surface area contributed by atoms with E-state index in [2.05, 4.69) is 15.1 Å². The van der Waals surface area contributed by atoms with Gasteiger partial charge in [0.05, 0.1) is 23.5 Å². The molecule has 6 nitrogen and oxygen atoms in total. The Bertz CT molecular complexity index is 1010. The van der Waals surface area contributed by atoms with E-state index in [1.165, 1.54) is 12.1 Å². The zero-order valence-corrected chi connectivity index (χ0v) is 19.0. The van der Waals surface area contributed by atoms with Gasteiger partial charge in [0.1, 0.15) is 0 Å². The number of halogens is 3. The number of alkyl halides is 3. The Kier molecular flexibility index (Phi) is 7.53. The number of hydrogen-bond acceptors (Lipinski definition) is 4. The zero-order valence-electron chi connectivity index (χ0n) is 19.0. The van der Waals surface area contributed by atoms with Gasteiger partial charge in [-0.3, -0.25) is 19.4 Å². The van der Waals surface area contributed by atoms with Crippen LogP contribution < -0.4 is 10.2 Å². The van der Waals surface area contributed by atoms with E-state index in [-0.39, 0.29) is 18.4 Å². The lowest BCUT2D eigenvalue weighted by molar-refractivity contribution is -0.137. The molecule has 0 bridgehead atoms. The minimum absolute atomic E-state index is 0.0716. The van der Waals surface area contributed by atoms with Crippen molar-refractivity contribution >= 4 is 23.2 Å². The molecule has 0 saturated carbocycles. The van der Waals surface area contributed by atoms with Crippen LogP contribution >= 0.6 is 0 Å². The van der Waals surface area contributed by atoms with Gasteiger partial charge >= 0.3 is 6.18 Å². The Morgan fingerprint density at radius 3 is 2.29 bits per heavy atom. The second kappa shape index (κ2) is 10.6. The van der Waals surface area contributed by atoms with Gasteiger partial charge in [-0.1, -0.05) is 24.3 Å². The predicted octanol–water partition coefficient (Wildman–Crippen LogP) is 3.98. The number of nitrogens with zero attached hydrogens (tertiary/aromatic N) is 3. The molecule has 2 aromatic rings. The minimum Gasteiger partial charge on any atom is -0.323 e. The minimum atomic E-state index is -4.33. The first kappa shape index (κ1) is 24.2. The number of para-hydroxylation sites is 2. The first-order valence-electron chi connectivity index (χ1n) is 11.6. The topological polar surface area (TPSA) is 55.9 Å². The lowest BCUT2D eigenvalue weighted by atomic mass is 10.1. The molecule has 1 N–H and O–H groups in total. The number of amides is 2. The molecule has 0 aliphatic carbocycles. The molecule has 182 valence electrons. The van der Waals surface area contributed by atoms with Gasteiger partial charge in [0.15, 0.2) is 0 Å². The van der Waals surface area contributed by atoms with E-state index in [9.17, 15) is 22.8 Å². The first-order valence-corrected chi connectivity index (χ1v) is 11.6. The summed E-state index contributed by atoms with van der Waals surface area (Å²) in [4.78, 5) is 30.9. The van der Waals surface area contributed by atoms with Gasteiger partial charge in [0.25, 0.3) is 0 Å². The molecule has 0 atom stereocenters. The van der Waals surface area contributed by atoms with E-state index in [1.54, 1.807) is 4.90 Å². The summed E-state index contributed by atoms with van der Waals surface area (Å²) in [5.74, 6) is -0.0577. The Morgan fingerprint density at radius 2 is 1.59 bits per heavy atom. The highest BCUT2D eigenvalue weighted by atomic mass is 19.4. The molecule has 2 aliphatic heterocycles. The average molecular weight is 475 g/mol. The summed E-state index contributed by atoms with van der Waals surface area (Å²) in [5.41, 5.74) is 1.57. The molecule has 2 heterocycles. The maximum Gasteiger partial charge on any atom is 0.416 e. The fourth-order valence-electron chi connectivity index (χ4n) is 4.51. The highest BCUT2D eigenvalue weighted by molar-refractivity contribution is 6.02. The van der Waals surface area contributed by atoms with Gasteiger partial charge in [0.2, 0.25) is 11.8 Å². The van der Waals surface area contributed by atoms with E-state index in [1.807, 2.05) is 24.3 Å². The highest BCUT2D eigenvalue weighted by Gasteiger charge is 2.30. The molecule has 0 spiro atoms. The fraction of sp³-hybridized carbons (Fsp3) is 0.440. The van der Waals surface area contributed by atoms with Crippen LogP contribution in [0, 0.1) is 0 Å². The predicted molar refractivity (Wildman–Crippen MR) is 124 cm³/mol. The lowest BCUT2D eigenvalue weighted by Gasteiger charge is -2.23. The van der Waals surface area contributed by atoms with Gasteiger partial charge in [0, 0.05) is 32.6 Å². The average Bonchev–Trinajstić information content (AvgIpc) is 3.10. The van der Waals surface area contributed by atoms with Crippen molar-refractivity contribution in [1.29, 1.82) is 0 Å². The summed E-state index contributed by atoms with van der Waals surface area (Å²) in [7, 11) is 0. The first-order chi connectivity index (χ1) is 16.3. The second-order valence-corrected chi connectivity index (χ2v) is 8.81. The molecular formula is C25H29F3N4O2. The summed E-state index contributed by atoms with van der Waals surface area (Å²) in [6, 6.07) is 12.7. The number of anilines is 2. The van der Waals surface area contributed by atoms with Crippen molar-refractivity contribution < 1.29 is 22.8 Å². The standard InChI is InChI=1S/C25H29F3N4O2/c26-25(27,28)20-10-8-19(9-11-20)17-30-12-4-13-31(16-15-30)18-23(33)29-21-5-1-2-6-22(21)32-14-3-7-24(32)34/h1-2,5-6,8-11H,3-4,7,12-18H2,(H,29,33). The lowest BCUT2D eigenvalue weighted by Crippen LogP contribution is -2.36. The molecule has 2 aliphatic rings. The maximum absolute atomic E-state index is 12.8. The van der Waals surface area contributed by atoms with Crippen LogP contribution in [0.25, 0.3) is 0 Å². The number of nitrogens with one attached hydrogen (secondary N) is 1. The van der Waals surface area contributed by atoms with Crippen LogP contribution in [0.4, 0.5) is 24.5 Å². The Morgan fingerprint density at radius 1 is 0.882 bits per heavy atom. The molecular weight excluding hydrogens is 445 g/mol. The second-order valence-electron chi connectivity index (χ2n) is 8.81. The summed E-state index contributed by atoms with van der Waals surface area (Å²) in [5, 5.41) is 2.96. The van der Waals surface area contributed by atoms with Crippen molar-refractivity contribution in [1.82, 2.24) is 9.80 Å². The van der Waals surface area contributed by atoms with Crippen molar-refractivity contribution in [2.75, 3.05) is 49.5 Å². The number of benzene rings is 2. The number of carbonyl (C=O) groups is 2. The molecule has 2 saturated heterocycles. The molecule has 4 rings (SSSR count). The number of carbonyl (C=O) groups excluding carboxylic acids is 2. The summed E-state index contributed by atoms with van der Waals surface area (Å²) in [6.07, 6.45) is -2.11. The van der Waals surface area contributed by atoms with Gasteiger partial charge in [-0.05, 0) is 55.8 Å². The van der Waals surface area contributed by atoms with Gasteiger partial charge in [-0.15, -0.1) is 0 Å². The van der Waals surface area contributed by atoms with Crippen LogP contribution in [0.15, 0.2) is 48.5 Å². The van der Waals surface area contributed by atoms with E-state index >= 15 is 0 Å². The quantitative estimate of drug-likeness (QED) is 0.688. The smallest absolute Gasteiger partial charge is 0.323 e. The van der Waals surface area contributed by atoms with Crippen LogP contribution in [-0.4, -0.2) is 60.9 Å². The van der Waals surface area contributed by atoms with Crippen LogP contribution in [-0.2, 0) is 22.3 Å². The van der Waals surface area contributed by atoms with Crippen molar-refractivity contribution in [3.8, 4) is 0 Å². The number of hydrogen-bond donors (Lipinski definition) is 1. The highest BCUT2D eigenvalue weighted by Crippen LogP contribution is 2.30. The van der Waals surface area contributed by atoms with Gasteiger partial charge < -0.3 is 10.2 Å². The van der Waals surface area contributed by atoms with E-state index in [0.29, 0.717) is 31.7 Å². The largest absolute Gasteiger partial charge is 0.416 e. The zero-order chi connectivity index (χ0) is 24.1. The molecule has 0 unspecified atom stereocenters. The van der Waals surface area contributed by atoms with Gasteiger partial charge in [-0.2, -0.15) is 13.2 Å². The van der Waals surface area contributed by atoms with Crippen LogP contribution in [0.3, 0.4) is 0 Å². The van der Waals surface area contributed by atoms with Crippen LogP contribution in [0.2, 0.25) is 0 Å². The van der Waals surface area contributed by atoms with Crippen molar-refractivity contribution in [2.45, 2.75) is 32.0 Å². The number of rotatable bonds is 6. The molecule has 34 heavy (non-hydrogen) atoms. The normalized spacial score (nSPS) is 18.2. The Labute approximate surface area is 197 Å². The van der Waals surface area contributed by atoms with E-state index in [4.69, 9.17) is 0 Å². The summed E-state index contributed by atoms with van der Waals surface area (Å²) in [6.45, 7) is 4.49. The SMILES string of the molecule is O=C(CN1CCCN(Cc2ccc(C(F)(F)F)cc2)CC1)Nc1ccccc1N1CCCC1=O. The molecule has 0 radical (unpaired) electrons. The Hall–Kier alpha value is -2.91. The molecule has 2 fully saturated rings. The van der Waals surface area contributed by atoms with Crippen LogP contribution in [0.5, 0.6) is 0 Å². The fourth-order valence-corrected chi connectivity index (χ4v) is 4.51. The van der Waals surface area contributed by atoms with Crippen molar-refractivity contribution in [2.24, 2.45) is 0 Å². The molecule has 2 aromatic carbocycles. The van der Waals surface area contributed by atoms with Gasteiger partial charge in [-0.25, -0.2) is 0 Å². The molecule has 2 amide bonds. The monoisotopic (exact) mass is 474 g/mol. The van der Waals surface area contributed by atoms with Crippen molar-refractivity contribution in [3.63, 3.8) is 0 Å². The van der Waals surface area contributed by atoms with E-state index in [0.717, 1.165) is 55.9 Å². The van der Waals surface area contributed by atoms with Crippen molar-refractivity contribution in [3.05, 3.63) is 59.7 Å².